The van der Waals surface area contributed by atoms with Crippen molar-refractivity contribution in [2.75, 3.05) is 64.7 Å². The van der Waals surface area contributed by atoms with E-state index in [2.05, 4.69) is 12.2 Å². The highest BCUT2D eigenvalue weighted by Crippen LogP contribution is 1.88. The molecule has 6 heteroatoms. The fourth-order valence-electron chi connectivity index (χ4n) is 1.46. The van der Waals surface area contributed by atoms with E-state index in [0.717, 1.165) is 38.3 Å². The summed E-state index contributed by atoms with van der Waals surface area (Å²) in [5.41, 5.74) is 0. The zero-order valence-electron chi connectivity index (χ0n) is 13.0. The zero-order chi connectivity index (χ0) is 14.9. The molecular formula is C14H31NO4S. The van der Waals surface area contributed by atoms with Gasteiger partial charge in [-0.25, -0.2) is 0 Å². The van der Waals surface area contributed by atoms with E-state index in [4.69, 9.17) is 14.2 Å². The summed E-state index contributed by atoms with van der Waals surface area (Å²) in [4.78, 5) is 0. The second kappa shape index (κ2) is 17.0. The number of ether oxygens (including phenoxy) is 3. The standard InChI is InChI=1S/C14H31NO4S/c1-3-4-8-17-10-12-19-13-11-18-9-7-15-6-5-14-20(2)16/h15H,3-14H2,1-2H3. The maximum Gasteiger partial charge on any atom is 0.0701 e. The van der Waals surface area contributed by atoms with E-state index in [1.54, 1.807) is 6.26 Å². The summed E-state index contributed by atoms with van der Waals surface area (Å²) in [6, 6.07) is 0. The van der Waals surface area contributed by atoms with Crippen LogP contribution in [0.3, 0.4) is 0 Å². The summed E-state index contributed by atoms with van der Waals surface area (Å²) in [7, 11) is -0.680. The second-order valence-electron chi connectivity index (χ2n) is 4.57. The van der Waals surface area contributed by atoms with Gasteiger partial charge < -0.3 is 19.5 Å². The van der Waals surface area contributed by atoms with Crippen LogP contribution in [0.15, 0.2) is 0 Å². The van der Waals surface area contributed by atoms with Gasteiger partial charge in [-0.2, -0.15) is 0 Å². The molecule has 0 rings (SSSR count). The number of rotatable bonds is 16. The van der Waals surface area contributed by atoms with Gasteiger partial charge in [0.1, 0.15) is 0 Å². The summed E-state index contributed by atoms with van der Waals surface area (Å²) < 4.78 is 27.0. The number of hydrogen-bond donors (Lipinski definition) is 1. The molecule has 0 bridgehead atoms. The van der Waals surface area contributed by atoms with Crippen LogP contribution in [0, 0.1) is 0 Å². The van der Waals surface area contributed by atoms with Crippen molar-refractivity contribution in [2.45, 2.75) is 26.2 Å². The largest absolute Gasteiger partial charge is 0.379 e. The second-order valence-corrected chi connectivity index (χ2v) is 6.13. The van der Waals surface area contributed by atoms with E-state index in [9.17, 15) is 4.21 Å². The molecule has 0 aliphatic heterocycles. The molecule has 5 nitrogen and oxygen atoms in total. The molecule has 0 saturated carbocycles. The first-order valence-electron chi connectivity index (χ1n) is 7.51. The molecule has 0 aliphatic rings. The third kappa shape index (κ3) is 18.0. The van der Waals surface area contributed by atoms with Crippen LogP contribution in [0.5, 0.6) is 0 Å². The minimum absolute atomic E-state index is 0.617. The molecule has 122 valence electrons. The highest BCUT2D eigenvalue weighted by molar-refractivity contribution is 7.84. The molecule has 0 amide bonds. The fraction of sp³-hybridized carbons (Fsp3) is 1.00. The van der Waals surface area contributed by atoms with Gasteiger partial charge in [0.05, 0.1) is 33.0 Å². The van der Waals surface area contributed by atoms with Gasteiger partial charge in [0, 0.05) is 36.0 Å². The minimum atomic E-state index is -0.680. The van der Waals surface area contributed by atoms with Crippen LogP contribution in [0.4, 0.5) is 0 Å². The van der Waals surface area contributed by atoms with E-state index in [-0.39, 0.29) is 0 Å². The van der Waals surface area contributed by atoms with Crippen LogP contribution in [0.2, 0.25) is 0 Å². The number of nitrogens with one attached hydrogen (secondary N) is 1. The monoisotopic (exact) mass is 309 g/mol. The maximum absolute atomic E-state index is 10.8. The highest BCUT2D eigenvalue weighted by Gasteiger charge is 1.93. The molecule has 0 heterocycles. The van der Waals surface area contributed by atoms with Gasteiger partial charge in [-0.1, -0.05) is 13.3 Å². The normalized spacial score (nSPS) is 12.7. The Balaban J connectivity index is 2.94. The van der Waals surface area contributed by atoms with Gasteiger partial charge in [-0.15, -0.1) is 0 Å². The van der Waals surface area contributed by atoms with E-state index in [1.807, 2.05) is 0 Å². The lowest BCUT2D eigenvalue weighted by Gasteiger charge is -2.07. The van der Waals surface area contributed by atoms with Gasteiger partial charge in [0.25, 0.3) is 0 Å². The summed E-state index contributed by atoms with van der Waals surface area (Å²) in [5, 5.41) is 3.25. The average molecular weight is 309 g/mol. The first-order valence-corrected chi connectivity index (χ1v) is 9.24. The van der Waals surface area contributed by atoms with Crippen molar-refractivity contribution in [3.8, 4) is 0 Å². The predicted octanol–water partition coefficient (Wildman–Crippen LogP) is 1.19. The lowest BCUT2D eigenvalue weighted by atomic mass is 10.4. The van der Waals surface area contributed by atoms with E-state index in [1.165, 1.54) is 6.42 Å². The van der Waals surface area contributed by atoms with Crippen molar-refractivity contribution in [1.82, 2.24) is 5.32 Å². The molecule has 1 atom stereocenters. The smallest absolute Gasteiger partial charge is 0.0701 e. The Kier molecular flexibility index (Phi) is 17.0. The quantitative estimate of drug-likeness (QED) is 0.434. The van der Waals surface area contributed by atoms with Crippen molar-refractivity contribution >= 4 is 10.8 Å². The lowest BCUT2D eigenvalue weighted by molar-refractivity contribution is 0.0147. The van der Waals surface area contributed by atoms with Gasteiger partial charge >= 0.3 is 0 Å². The lowest BCUT2D eigenvalue weighted by Crippen LogP contribution is -2.22. The first kappa shape index (κ1) is 20.0. The van der Waals surface area contributed by atoms with Crippen molar-refractivity contribution in [3.63, 3.8) is 0 Å². The predicted molar refractivity (Wildman–Crippen MR) is 83.8 cm³/mol. The van der Waals surface area contributed by atoms with E-state index >= 15 is 0 Å². The molecule has 1 unspecified atom stereocenters. The summed E-state index contributed by atoms with van der Waals surface area (Å²) in [5.74, 6) is 0.766. The Labute approximate surface area is 126 Å². The molecule has 0 aliphatic carbocycles. The van der Waals surface area contributed by atoms with Crippen LogP contribution in [-0.4, -0.2) is 68.9 Å². The summed E-state index contributed by atoms with van der Waals surface area (Å²) in [6.45, 7) is 7.93. The summed E-state index contributed by atoms with van der Waals surface area (Å²) in [6.07, 6.45) is 4.96. The average Bonchev–Trinajstić information content (AvgIpc) is 2.43. The number of unbranched alkanes of at least 4 members (excludes halogenated alkanes) is 1. The molecule has 0 radical (unpaired) electrons. The van der Waals surface area contributed by atoms with Gasteiger partial charge in [0.2, 0.25) is 0 Å². The molecule has 0 saturated heterocycles. The molecule has 0 aromatic carbocycles. The topological polar surface area (TPSA) is 56.8 Å². The molecule has 20 heavy (non-hydrogen) atoms. The van der Waals surface area contributed by atoms with Crippen LogP contribution in [0.25, 0.3) is 0 Å². The van der Waals surface area contributed by atoms with Crippen molar-refractivity contribution in [1.29, 1.82) is 0 Å². The molecule has 0 aromatic rings. The highest BCUT2D eigenvalue weighted by atomic mass is 32.2. The third-order valence-corrected chi connectivity index (χ3v) is 3.46. The Morgan fingerprint density at radius 1 is 0.850 bits per heavy atom. The third-order valence-electron chi connectivity index (χ3n) is 2.59. The van der Waals surface area contributed by atoms with Gasteiger partial charge in [0.15, 0.2) is 0 Å². The Hall–Kier alpha value is -0.0100. The fourth-order valence-corrected chi connectivity index (χ4v) is 2.01. The Morgan fingerprint density at radius 3 is 2.05 bits per heavy atom. The Morgan fingerprint density at radius 2 is 1.45 bits per heavy atom. The van der Waals surface area contributed by atoms with Crippen molar-refractivity contribution in [2.24, 2.45) is 0 Å². The SMILES string of the molecule is CCCCOCCOCCOCCNCCCS(C)=O. The van der Waals surface area contributed by atoms with E-state index in [0.29, 0.717) is 33.0 Å². The van der Waals surface area contributed by atoms with Gasteiger partial charge in [-0.3, -0.25) is 4.21 Å². The van der Waals surface area contributed by atoms with Crippen LogP contribution in [-0.2, 0) is 25.0 Å². The summed E-state index contributed by atoms with van der Waals surface area (Å²) >= 11 is 0. The first-order chi connectivity index (χ1) is 9.77. The molecular weight excluding hydrogens is 278 g/mol. The number of hydrogen-bond acceptors (Lipinski definition) is 5. The van der Waals surface area contributed by atoms with Crippen LogP contribution < -0.4 is 5.32 Å². The Bertz CT molecular complexity index is 217. The van der Waals surface area contributed by atoms with Crippen molar-refractivity contribution < 1.29 is 18.4 Å². The molecule has 0 fully saturated rings. The van der Waals surface area contributed by atoms with Gasteiger partial charge in [-0.05, 0) is 19.4 Å². The van der Waals surface area contributed by atoms with Crippen LogP contribution >= 0.6 is 0 Å². The molecule has 0 spiro atoms. The maximum atomic E-state index is 10.8. The minimum Gasteiger partial charge on any atom is -0.379 e. The van der Waals surface area contributed by atoms with Crippen molar-refractivity contribution in [3.05, 3.63) is 0 Å². The molecule has 0 aromatic heterocycles. The zero-order valence-corrected chi connectivity index (χ0v) is 13.8. The van der Waals surface area contributed by atoms with E-state index < -0.39 is 10.8 Å². The van der Waals surface area contributed by atoms with Crippen LogP contribution in [0.1, 0.15) is 26.2 Å². The molecule has 1 N–H and O–H groups in total.